The molecule has 12 heteroatoms. The van der Waals surface area contributed by atoms with Gasteiger partial charge in [-0.3, -0.25) is 4.55 Å². The Balaban J connectivity index is -0.000000137. The third-order valence-corrected chi connectivity index (χ3v) is 4.98. The first-order valence-corrected chi connectivity index (χ1v) is 11.4. The normalized spacial score (nSPS) is 10.9. The van der Waals surface area contributed by atoms with Crippen LogP contribution in [0.5, 0.6) is 0 Å². The molecule has 0 aliphatic heterocycles. The summed E-state index contributed by atoms with van der Waals surface area (Å²) in [6.07, 6.45) is 13.5. The molecule has 0 saturated carbocycles. The van der Waals surface area contributed by atoms with Crippen LogP contribution in [0.2, 0.25) is 0 Å². The van der Waals surface area contributed by atoms with E-state index in [1.165, 1.54) is 64.2 Å². The molecule has 0 bridgehead atoms. The van der Waals surface area contributed by atoms with E-state index in [0.717, 1.165) is 19.6 Å². The first kappa shape index (κ1) is 44.7. The first-order chi connectivity index (χ1) is 13.2. The number of hydrogen-bond donors (Lipinski definition) is 1. The molecular weight excluding hydrogens is 506 g/mol. The van der Waals surface area contributed by atoms with Gasteiger partial charge >= 0.3 is 154 Å². The van der Waals surface area contributed by atoms with Crippen LogP contribution in [0, 0.1) is 6.92 Å². The van der Waals surface area contributed by atoms with Crippen molar-refractivity contribution in [2.45, 2.75) is 89.2 Å². The molecule has 0 rings (SSSR count). The number of aliphatic carboxylic acids is 2. The smallest absolute Gasteiger partial charge is 0.550 e. The fraction of sp³-hybridized carbons (Fsp3) is 0.842. The molecule has 0 aromatic heterocycles. The van der Waals surface area contributed by atoms with Gasteiger partial charge in [0.1, 0.15) is 5.25 Å². The third kappa shape index (κ3) is 36.0. The van der Waals surface area contributed by atoms with Crippen LogP contribution >= 0.6 is 0 Å². The number of unbranched alkanes of at least 4 members (excludes halogenated alkanes) is 9. The Kier molecular flexibility index (Phi) is 45.8. The van der Waals surface area contributed by atoms with Crippen LogP contribution in [0.1, 0.15) is 84.0 Å². The zero-order chi connectivity index (χ0) is 21.8. The zero-order valence-electron chi connectivity index (χ0n) is 19.9. The average molecular weight is 541 g/mol. The van der Waals surface area contributed by atoms with Gasteiger partial charge in [0.2, 0.25) is 0 Å². The molecule has 0 fully saturated rings. The van der Waals surface area contributed by atoms with Gasteiger partial charge in [-0.2, -0.15) is 14.8 Å². The topological polar surface area (TPSA) is 144 Å². The number of rotatable bonds is 17. The van der Waals surface area contributed by atoms with Gasteiger partial charge in [-0.25, -0.2) is 0 Å². The summed E-state index contributed by atoms with van der Waals surface area (Å²) in [4.78, 5) is 19.7. The summed E-state index contributed by atoms with van der Waals surface area (Å²) < 4.78 is 33.9. The quantitative estimate of drug-likeness (QED) is 0.0829. The second kappa shape index (κ2) is 31.7. The molecule has 168 valence electrons. The summed E-state index contributed by atoms with van der Waals surface area (Å²) in [5.41, 5.74) is 0. The second-order valence-electron chi connectivity index (χ2n) is 6.55. The van der Waals surface area contributed by atoms with Gasteiger partial charge in [0.15, 0.2) is 0 Å². The van der Waals surface area contributed by atoms with Crippen molar-refractivity contribution < 1.29 is 192 Å². The van der Waals surface area contributed by atoms with Crippen molar-refractivity contribution in [1.29, 1.82) is 0 Å². The maximum absolute atomic E-state index is 10.2. The molecule has 1 N–H and O–H groups in total. The number of carbonyl (C=O) groups excluding carboxylic acids is 2. The second-order valence-corrected chi connectivity index (χ2v) is 8.15. The summed E-state index contributed by atoms with van der Waals surface area (Å²) in [6.45, 7) is 7.79. The van der Waals surface area contributed by atoms with Gasteiger partial charge in [0, 0.05) is 25.6 Å². The van der Waals surface area contributed by atoms with E-state index in [9.17, 15) is 28.2 Å². The van der Waals surface area contributed by atoms with Gasteiger partial charge < -0.3 is 31.5 Å². The number of ether oxygens (including phenoxy) is 1. The molecule has 31 heavy (non-hydrogen) atoms. The standard InChI is InChI=1S/C15H31O.C4H6O7S.3K/c1-3-5-6-7-8-9-10-11-12-13-15-16-14-4-2;5-3(6)1-2(4(7)8)12(9,10)11;;;/h2-15H2,1H3;2H,1H2,(H,5,6)(H,7,8)(H,9,10,11);;;/q-1;;3*+1/p-2. The van der Waals surface area contributed by atoms with Crippen LogP contribution in [0.15, 0.2) is 0 Å². The molecule has 0 aliphatic rings. The maximum atomic E-state index is 10.2. The van der Waals surface area contributed by atoms with Crippen molar-refractivity contribution in [2.75, 3.05) is 13.2 Å². The largest absolute Gasteiger partial charge is 1.00 e. The minimum atomic E-state index is -4.94. The summed E-state index contributed by atoms with van der Waals surface area (Å²) in [5.74, 6) is -4.08. The van der Waals surface area contributed by atoms with E-state index < -0.39 is 33.7 Å². The molecule has 0 spiro atoms. The van der Waals surface area contributed by atoms with Gasteiger partial charge in [0.25, 0.3) is 10.1 Å². The predicted molar refractivity (Wildman–Crippen MR) is 103 cm³/mol. The van der Waals surface area contributed by atoms with Gasteiger partial charge in [-0.1, -0.05) is 64.7 Å². The fourth-order valence-corrected chi connectivity index (χ4v) is 2.95. The summed E-state index contributed by atoms with van der Waals surface area (Å²) >= 11 is 0. The predicted octanol–water partition coefficient (Wildman–Crippen LogP) is -7.71. The summed E-state index contributed by atoms with van der Waals surface area (Å²) in [5, 5.41) is 17.3. The molecular formula is C19H35K3O8S. The Morgan fingerprint density at radius 2 is 1.29 bits per heavy atom. The van der Waals surface area contributed by atoms with Crippen LogP contribution in [-0.2, 0) is 24.4 Å². The molecule has 1 atom stereocenters. The van der Waals surface area contributed by atoms with Gasteiger partial charge in [-0.05, 0) is 6.42 Å². The molecule has 1 unspecified atom stereocenters. The zero-order valence-corrected chi connectivity index (χ0v) is 30.1. The van der Waals surface area contributed by atoms with Crippen LogP contribution in [0.25, 0.3) is 0 Å². The first-order valence-electron chi connectivity index (χ1n) is 9.90. The number of carboxylic acid groups (broad SMARTS) is 2. The van der Waals surface area contributed by atoms with Gasteiger partial charge in [0.05, 0.1) is 5.97 Å². The van der Waals surface area contributed by atoms with Crippen LogP contribution in [0.3, 0.4) is 0 Å². The molecule has 0 aromatic carbocycles. The molecule has 0 heterocycles. The minimum absolute atomic E-state index is 0. The van der Waals surface area contributed by atoms with Crippen molar-refractivity contribution in [1.82, 2.24) is 0 Å². The average Bonchev–Trinajstić information content (AvgIpc) is 2.60. The molecule has 0 radical (unpaired) electrons. The van der Waals surface area contributed by atoms with E-state index >= 15 is 0 Å². The maximum Gasteiger partial charge on any atom is 1.00 e. The summed E-state index contributed by atoms with van der Waals surface area (Å²) in [7, 11) is -4.94. The van der Waals surface area contributed by atoms with E-state index in [-0.39, 0.29) is 154 Å². The number of carboxylic acids is 2. The molecule has 0 saturated heterocycles. The SMILES string of the molecule is O=C([O-])CC(C(=O)[O-])S(=O)(=O)O.[CH2-]CCOCCCCCCCCCCCC.[K+].[K+].[K+]. The van der Waals surface area contributed by atoms with Crippen molar-refractivity contribution in [3.8, 4) is 0 Å². The number of carbonyl (C=O) groups is 2. The summed E-state index contributed by atoms with van der Waals surface area (Å²) in [6, 6.07) is 0. The van der Waals surface area contributed by atoms with E-state index in [1.54, 1.807) is 0 Å². The van der Waals surface area contributed by atoms with Crippen LogP contribution in [0.4, 0.5) is 0 Å². The van der Waals surface area contributed by atoms with E-state index in [0.29, 0.717) is 0 Å². The third-order valence-electron chi connectivity index (χ3n) is 3.91. The van der Waals surface area contributed by atoms with E-state index in [1.807, 2.05) is 0 Å². The van der Waals surface area contributed by atoms with Crippen molar-refractivity contribution in [3.05, 3.63) is 6.92 Å². The fourth-order valence-electron chi connectivity index (χ4n) is 2.36. The van der Waals surface area contributed by atoms with E-state index in [2.05, 4.69) is 13.8 Å². The van der Waals surface area contributed by atoms with Crippen LogP contribution < -0.4 is 164 Å². The minimum Gasteiger partial charge on any atom is -0.550 e. The Morgan fingerprint density at radius 3 is 1.58 bits per heavy atom. The number of hydrogen-bond acceptors (Lipinski definition) is 7. The Labute approximate surface area is 316 Å². The van der Waals surface area contributed by atoms with E-state index in [4.69, 9.17) is 9.29 Å². The Hall–Kier alpha value is 3.72. The Morgan fingerprint density at radius 1 is 0.871 bits per heavy atom. The van der Waals surface area contributed by atoms with Crippen molar-refractivity contribution in [3.63, 3.8) is 0 Å². The Bertz CT molecular complexity index is 490. The van der Waals surface area contributed by atoms with Crippen molar-refractivity contribution >= 4 is 22.1 Å². The molecule has 0 aliphatic carbocycles. The molecule has 0 amide bonds. The molecule has 0 aromatic rings. The van der Waals surface area contributed by atoms with Gasteiger partial charge in [-0.15, -0.1) is 0 Å². The van der Waals surface area contributed by atoms with Crippen LogP contribution in [-0.4, -0.2) is 43.4 Å². The monoisotopic (exact) mass is 540 g/mol. The molecule has 8 nitrogen and oxygen atoms in total. The van der Waals surface area contributed by atoms with Crippen molar-refractivity contribution in [2.24, 2.45) is 0 Å².